The summed E-state index contributed by atoms with van der Waals surface area (Å²) in [5.74, 6) is -0.437. The molecule has 4 heteroatoms. The minimum absolute atomic E-state index is 0.169. The van der Waals surface area contributed by atoms with E-state index in [2.05, 4.69) is 0 Å². The molecule has 0 atom stereocenters. The fraction of sp³-hybridized carbons (Fsp3) is 0.133. The van der Waals surface area contributed by atoms with Crippen molar-refractivity contribution in [2.75, 3.05) is 5.73 Å². The Morgan fingerprint density at radius 3 is 2.47 bits per heavy atom. The van der Waals surface area contributed by atoms with Crippen LogP contribution >= 0.6 is 11.6 Å². The summed E-state index contributed by atoms with van der Waals surface area (Å²) in [5, 5.41) is 10.5. The lowest BCUT2D eigenvalue weighted by Gasteiger charge is -2.09. The number of ketones is 1. The second-order valence-corrected chi connectivity index (χ2v) is 4.71. The molecule has 19 heavy (non-hydrogen) atoms. The molecule has 2 rings (SSSR count). The number of nitrogen functional groups attached to an aromatic ring is 1. The second kappa shape index (κ2) is 5.33. The maximum Gasteiger partial charge on any atom is 0.196 e. The molecule has 0 saturated carbocycles. The Balaban J connectivity index is 2.49. The van der Waals surface area contributed by atoms with Crippen LogP contribution in [0.3, 0.4) is 0 Å². The molecule has 0 heterocycles. The van der Waals surface area contributed by atoms with Gasteiger partial charge in [-0.2, -0.15) is 0 Å². The van der Waals surface area contributed by atoms with Gasteiger partial charge in [0.2, 0.25) is 0 Å². The molecule has 0 aliphatic rings. The summed E-state index contributed by atoms with van der Waals surface area (Å²) in [6.07, 6.45) is 0.741. The van der Waals surface area contributed by atoms with Crippen LogP contribution in [0.15, 0.2) is 36.4 Å². The lowest BCUT2D eigenvalue weighted by Crippen LogP contribution is -2.04. The van der Waals surface area contributed by atoms with Crippen molar-refractivity contribution < 1.29 is 9.90 Å². The van der Waals surface area contributed by atoms with E-state index in [0.29, 0.717) is 10.6 Å². The molecule has 3 N–H and O–H groups in total. The smallest absolute Gasteiger partial charge is 0.196 e. The molecule has 0 aliphatic heterocycles. The van der Waals surface area contributed by atoms with Gasteiger partial charge in [0.1, 0.15) is 5.75 Å². The van der Waals surface area contributed by atoms with Crippen LogP contribution in [-0.2, 0) is 6.42 Å². The summed E-state index contributed by atoms with van der Waals surface area (Å²) >= 11 is 5.79. The highest BCUT2D eigenvalue weighted by Crippen LogP contribution is 2.29. The molecular weight excluding hydrogens is 262 g/mol. The van der Waals surface area contributed by atoms with E-state index in [-0.39, 0.29) is 22.8 Å². The summed E-state index contributed by atoms with van der Waals surface area (Å²) in [6.45, 7) is 1.96. The van der Waals surface area contributed by atoms with Gasteiger partial charge in [-0.15, -0.1) is 0 Å². The third-order valence-electron chi connectivity index (χ3n) is 2.96. The van der Waals surface area contributed by atoms with Crippen molar-refractivity contribution in [1.82, 2.24) is 0 Å². The SMILES string of the molecule is CCc1cc(N)c(O)c(C(=O)c2ccc(Cl)cc2)c1. The van der Waals surface area contributed by atoms with Crippen LogP contribution in [0.1, 0.15) is 28.4 Å². The van der Waals surface area contributed by atoms with Crippen molar-refractivity contribution in [1.29, 1.82) is 0 Å². The molecule has 0 bridgehead atoms. The zero-order valence-corrected chi connectivity index (χ0v) is 11.2. The Hall–Kier alpha value is -2.00. The summed E-state index contributed by atoms with van der Waals surface area (Å²) in [6, 6.07) is 9.87. The van der Waals surface area contributed by atoms with Gasteiger partial charge < -0.3 is 10.8 Å². The van der Waals surface area contributed by atoms with Gasteiger partial charge in [0, 0.05) is 10.6 Å². The van der Waals surface area contributed by atoms with E-state index >= 15 is 0 Å². The van der Waals surface area contributed by atoms with Crippen LogP contribution < -0.4 is 5.73 Å². The normalized spacial score (nSPS) is 10.4. The van der Waals surface area contributed by atoms with Crippen molar-refractivity contribution in [2.45, 2.75) is 13.3 Å². The number of phenols is 1. The number of halogens is 1. The predicted octanol–water partition coefficient (Wildman–Crippen LogP) is 3.42. The Bertz CT molecular complexity index is 621. The number of carbonyl (C=O) groups is 1. The highest BCUT2D eigenvalue weighted by Gasteiger charge is 2.16. The molecule has 0 amide bonds. The molecule has 2 aromatic rings. The zero-order valence-electron chi connectivity index (χ0n) is 10.5. The molecule has 0 aromatic heterocycles. The van der Waals surface area contributed by atoms with E-state index in [1.165, 1.54) is 0 Å². The quantitative estimate of drug-likeness (QED) is 0.512. The van der Waals surface area contributed by atoms with Crippen LogP contribution in [0.2, 0.25) is 5.02 Å². The van der Waals surface area contributed by atoms with E-state index in [1.807, 2.05) is 6.92 Å². The highest BCUT2D eigenvalue weighted by atomic mass is 35.5. The van der Waals surface area contributed by atoms with Gasteiger partial charge in [0.15, 0.2) is 5.78 Å². The van der Waals surface area contributed by atoms with E-state index < -0.39 is 0 Å². The molecule has 3 nitrogen and oxygen atoms in total. The van der Waals surface area contributed by atoms with Crippen molar-refractivity contribution >= 4 is 23.1 Å². The number of rotatable bonds is 3. The number of benzene rings is 2. The number of anilines is 1. The molecule has 0 unspecified atom stereocenters. The molecule has 98 valence electrons. The van der Waals surface area contributed by atoms with Crippen LogP contribution in [0.25, 0.3) is 0 Å². The number of hydrogen-bond donors (Lipinski definition) is 2. The van der Waals surface area contributed by atoms with Gasteiger partial charge in [-0.3, -0.25) is 4.79 Å². The Morgan fingerprint density at radius 2 is 1.89 bits per heavy atom. The first kappa shape index (κ1) is 13.4. The van der Waals surface area contributed by atoms with Gasteiger partial charge >= 0.3 is 0 Å². The van der Waals surface area contributed by atoms with Gasteiger partial charge in [-0.05, 0) is 48.4 Å². The van der Waals surface area contributed by atoms with E-state index in [9.17, 15) is 9.90 Å². The topological polar surface area (TPSA) is 63.3 Å². The average molecular weight is 276 g/mol. The fourth-order valence-electron chi connectivity index (χ4n) is 1.85. The predicted molar refractivity (Wildman–Crippen MR) is 76.8 cm³/mol. The van der Waals surface area contributed by atoms with Crippen molar-refractivity contribution in [3.8, 4) is 5.75 Å². The average Bonchev–Trinajstić information content (AvgIpc) is 2.41. The van der Waals surface area contributed by atoms with Gasteiger partial charge in [-0.1, -0.05) is 18.5 Å². The van der Waals surface area contributed by atoms with Gasteiger partial charge in [0.25, 0.3) is 0 Å². The number of hydrogen-bond acceptors (Lipinski definition) is 3. The van der Waals surface area contributed by atoms with Crippen molar-refractivity contribution in [2.24, 2.45) is 0 Å². The lowest BCUT2D eigenvalue weighted by molar-refractivity contribution is 0.103. The highest BCUT2D eigenvalue weighted by molar-refractivity contribution is 6.30. The maximum absolute atomic E-state index is 12.3. The number of carbonyl (C=O) groups excluding carboxylic acids is 1. The number of phenolic OH excluding ortho intramolecular Hbond substituents is 1. The largest absolute Gasteiger partial charge is 0.505 e. The molecule has 0 radical (unpaired) electrons. The fourth-order valence-corrected chi connectivity index (χ4v) is 1.98. The monoisotopic (exact) mass is 275 g/mol. The molecule has 0 fully saturated rings. The van der Waals surface area contributed by atoms with Crippen molar-refractivity contribution in [3.63, 3.8) is 0 Å². The van der Waals surface area contributed by atoms with Crippen LogP contribution in [-0.4, -0.2) is 10.9 Å². The van der Waals surface area contributed by atoms with E-state index in [1.54, 1.807) is 36.4 Å². The summed E-state index contributed by atoms with van der Waals surface area (Å²) < 4.78 is 0. The standard InChI is InChI=1S/C15H14ClNO2/c1-2-9-7-12(15(19)13(17)8-9)14(18)10-3-5-11(16)6-4-10/h3-8,19H,2,17H2,1H3. The Labute approximate surface area is 116 Å². The van der Waals surface area contributed by atoms with Gasteiger partial charge in [0.05, 0.1) is 11.3 Å². The summed E-state index contributed by atoms with van der Waals surface area (Å²) in [5.41, 5.74) is 7.53. The van der Waals surface area contributed by atoms with Crippen LogP contribution in [0.5, 0.6) is 5.75 Å². The van der Waals surface area contributed by atoms with E-state index in [4.69, 9.17) is 17.3 Å². The Kier molecular flexibility index (Phi) is 3.76. The third kappa shape index (κ3) is 2.71. The summed E-state index contributed by atoms with van der Waals surface area (Å²) in [4.78, 5) is 12.3. The lowest BCUT2D eigenvalue weighted by atomic mass is 9.98. The third-order valence-corrected chi connectivity index (χ3v) is 3.21. The minimum atomic E-state index is -0.267. The number of aryl methyl sites for hydroxylation is 1. The van der Waals surface area contributed by atoms with Gasteiger partial charge in [-0.25, -0.2) is 0 Å². The molecule has 2 aromatic carbocycles. The molecule has 0 spiro atoms. The summed E-state index contributed by atoms with van der Waals surface area (Å²) in [7, 11) is 0. The molecule has 0 aliphatic carbocycles. The van der Waals surface area contributed by atoms with E-state index in [0.717, 1.165) is 12.0 Å². The van der Waals surface area contributed by atoms with Crippen LogP contribution in [0, 0.1) is 0 Å². The minimum Gasteiger partial charge on any atom is -0.505 e. The number of aromatic hydroxyl groups is 1. The Morgan fingerprint density at radius 1 is 1.26 bits per heavy atom. The molecule has 0 saturated heterocycles. The number of nitrogens with two attached hydrogens (primary N) is 1. The molecular formula is C15H14ClNO2. The van der Waals surface area contributed by atoms with Crippen molar-refractivity contribution in [3.05, 3.63) is 58.1 Å². The first-order valence-corrected chi connectivity index (χ1v) is 6.32. The maximum atomic E-state index is 12.3. The zero-order chi connectivity index (χ0) is 14.0. The first-order chi connectivity index (χ1) is 9.02. The van der Waals surface area contributed by atoms with Crippen LogP contribution in [0.4, 0.5) is 5.69 Å². The second-order valence-electron chi connectivity index (χ2n) is 4.27. The first-order valence-electron chi connectivity index (χ1n) is 5.94.